The molecule has 0 spiro atoms. The number of ether oxygens (including phenoxy) is 2. The number of benzene rings is 1. The fourth-order valence-corrected chi connectivity index (χ4v) is 2.69. The van der Waals surface area contributed by atoms with Gasteiger partial charge in [-0.05, 0) is 17.7 Å². The van der Waals surface area contributed by atoms with Gasteiger partial charge in [-0.25, -0.2) is 9.59 Å². The molecule has 1 aromatic carbocycles. The van der Waals surface area contributed by atoms with Gasteiger partial charge in [0, 0.05) is 25.1 Å². The predicted molar refractivity (Wildman–Crippen MR) is 98.3 cm³/mol. The molecule has 0 aromatic heterocycles. The highest BCUT2D eigenvalue weighted by Crippen LogP contribution is 2.25. The summed E-state index contributed by atoms with van der Waals surface area (Å²) in [5.41, 5.74) is 0.287. The number of carbonyl (C=O) groups is 4. The van der Waals surface area contributed by atoms with Crippen LogP contribution in [-0.2, 0) is 35.3 Å². The van der Waals surface area contributed by atoms with Gasteiger partial charge in [-0.3, -0.25) is 24.6 Å². The summed E-state index contributed by atoms with van der Waals surface area (Å²) in [5, 5.41) is 23.2. The molecule has 30 heavy (non-hydrogen) atoms. The summed E-state index contributed by atoms with van der Waals surface area (Å²) in [6, 6.07) is 3.15. The van der Waals surface area contributed by atoms with Crippen molar-refractivity contribution in [3.05, 3.63) is 52.1 Å². The van der Waals surface area contributed by atoms with Gasteiger partial charge in [0.05, 0.1) is 18.1 Å². The van der Waals surface area contributed by atoms with E-state index in [1.807, 2.05) is 0 Å². The van der Waals surface area contributed by atoms with Gasteiger partial charge >= 0.3 is 11.9 Å². The van der Waals surface area contributed by atoms with Crippen molar-refractivity contribution in [2.45, 2.75) is 31.8 Å². The number of nitro groups is 1. The minimum Gasteiger partial charge on any atom is -0.466 e. The van der Waals surface area contributed by atoms with E-state index >= 15 is 0 Å². The van der Waals surface area contributed by atoms with Crippen LogP contribution in [0.15, 0.2) is 36.4 Å². The first kappa shape index (κ1) is 22.5. The second-order valence-corrected chi connectivity index (χ2v) is 6.20. The van der Waals surface area contributed by atoms with Gasteiger partial charge in [0.15, 0.2) is 0 Å². The third-order valence-corrected chi connectivity index (χ3v) is 4.18. The Morgan fingerprint density at radius 3 is 2.50 bits per heavy atom. The van der Waals surface area contributed by atoms with Crippen molar-refractivity contribution in [1.29, 1.82) is 0 Å². The molecule has 1 heterocycles. The molecule has 3 unspecified atom stereocenters. The first-order valence-corrected chi connectivity index (χ1v) is 8.59. The van der Waals surface area contributed by atoms with Crippen LogP contribution in [0.1, 0.15) is 12.5 Å². The molecule has 0 radical (unpaired) electrons. The quantitative estimate of drug-likeness (QED) is 0.183. The number of nitrogens with zero attached hydrogens (tertiary/aromatic N) is 2. The van der Waals surface area contributed by atoms with Crippen LogP contribution >= 0.6 is 0 Å². The fourth-order valence-electron chi connectivity index (χ4n) is 2.69. The Morgan fingerprint density at radius 2 is 1.97 bits per heavy atom. The van der Waals surface area contributed by atoms with Gasteiger partial charge in [0.1, 0.15) is 12.6 Å². The zero-order chi connectivity index (χ0) is 22.4. The number of nitro benzene ring substituents is 1. The molecule has 160 valence electrons. The number of esters is 2. The van der Waals surface area contributed by atoms with Crippen LogP contribution in [0.4, 0.5) is 5.69 Å². The number of non-ortho nitro benzene ring substituents is 1. The third kappa shape index (κ3) is 5.17. The lowest BCUT2D eigenvalue weighted by Crippen LogP contribution is -2.73. The smallest absolute Gasteiger partial charge is 0.356 e. The zero-order valence-corrected chi connectivity index (χ0v) is 16.0. The van der Waals surface area contributed by atoms with E-state index in [0.717, 1.165) is 18.1 Å². The topological polar surface area (TPSA) is 165 Å². The molecule has 2 rings (SSSR count). The van der Waals surface area contributed by atoms with Crippen LogP contribution in [0, 0.1) is 10.1 Å². The molecule has 0 aliphatic carbocycles. The van der Waals surface area contributed by atoms with Crippen molar-refractivity contribution in [1.82, 2.24) is 10.2 Å². The number of aliphatic hydroxyl groups is 1. The SMILES string of the molecule is COC(=O)C=CC1C(NC(C)=O)C(=O)N1C(O)C(=O)OCc1ccc([N+](=O)[O-])cc1. The molecule has 2 amide bonds. The van der Waals surface area contributed by atoms with E-state index in [2.05, 4.69) is 10.1 Å². The highest BCUT2D eigenvalue weighted by Gasteiger charge is 2.51. The number of hydrogen-bond acceptors (Lipinski definition) is 9. The standard InChI is InChI=1S/C18H19N3O9/c1-10(22)19-15-13(7-8-14(23)29-2)20(16(15)24)17(25)18(26)30-9-11-3-5-12(6-4-11)21(27)28/h3-8,13,15,17,25H,9H2,1-2H3,(H,19,22). The largest absolute Gasteiger partial charge is 0.466 e. The predicted octanol–water partition coefficient (Wildman–Crippen LogP) is -0.599. The molecule has 0 saturated carbocycles. The summed E-state index contributed by atoms with van der Waals surface area (Å²) >= 11 is 0. The van der Waals surface area contributed by atoms with Crippen LogP contribution in [0.2, 0.25) is 0 Å². The van der Waals surface area contributed by atoms with Gasteiger partial charge < -0.3 is 19.9 Å². The minimum atomic E-state index is -1.99. The van der Waals surface area contributed by atoms with E-state index in [4.69, 9.17) is 4.74 Å². The Morgan fingerprint density at radius 1 is 1.33 bits per heavy atom. The van der Waals surface area contributed by atoms with Crippen LogP contribution in [-0.4, -0.2) is 64.1 Å². The molecule has 1 aliphatic heterocycles. The lowest BCUT2D eigenvalue weighted by Gasteiger charge is -2.46. The number of hydrogen-bond donors (Lipinski definition) is 2. The lowest BCUT2D eigenvalue weighted by atomic mass is 9.93. The Bertz CT molecular complexity index is 881. The van der Waals surface area contributed by atoms with E-state index in [-0.39, 0.29) is 12.3 Å². The summed E-state index contributed by atoms with van der Waals surface area (Å²) < 4.78 is 9.40. The van der Waals surface area contributed by atoms with E-state index in [0.29, 0.717) is 5.56 Å². The van der Waals surface area contributed by atoms with Crippen molar-refractivity contribution in [2.24, 2.45) is 0 Å². The molecule has 2 N–H and O–H groups in total. The molecule has 1 saturated heterocycles. The number of rotatable bonds is 8. The maximum absolute atomic E-state index is 12.3. The molecule has 1 fully saturated rings. The van der Waals surface area contributed by atoms with Gasteiger partial charge in [0.25, 0.3) is 11.6 Å². The molecule has 1 aromatic rings. The summed E-state index contributed by atoms with van der Waals surface area (Å²) in [5.74, 6) is -3.14. The van der Waals surface area contributed by atoms with E-state index < -0.39 is 47.0 Å². The normalized spacial score (nSPS) is 19.0. The highest BCUT2D eigenvalue weighted by molar-refractivity contribution is 5.96. The fraction of sp³-hybridized carbons (Fsp3) is 0.333. The molecule has 12 heteroatoms. The minimum absolute atomic E-state index is 0.138. The summed E-state index contributed by atoms with van der Waals surface area (Å²) in [6.07, 6.45) is 0.210. The van der Waals surface area contributed by atoms with E-state index in [9.17, 15) is 34.4 Å². The van der Waals surface area contributed by atoms with Crippen LogP contribution in [0.5, 0.6) is 0 Å². The maximum Gasteiger partial charge on any atom is 0.356 e. The number of β-lactam (4-membered cyclic amide) rings is 1. The molecule has 1 aliphatic rings. The summed E-state index contributed by atoms with van der Waals surface area (Å²) in [6.45, 7) is 0.889. The molecular weight excluding hydrogens is 402 g/mol. The van der Waals surface area contributed by atoms with Crippen molar-refractivity contribution >= 4 is 29.4 Å². The van der Waals surface area contributed by atoms with E-state index in [1.54, 1.807) is 0 Å². The van der Waals surface area contributed by atoms with Gasteiger partial charge in [-0.15, -0.1) is 0 Å². The second kappa shape index (κ2) is 9.60. The van der Waals surface area contributed by atoms with Crippen LogP contribution in [0.3, 0.4) is 0 Å². The zero-order valence-electron chi connectivity index (χ0n) is 16.0. The highest BCUT2D eigenvalue weighted by atomic mass is 16.6. The van der Waals surface area contributed by atoms with Crippen molar-refractivity contribution in [3.8, 4) is 0 Å². The summed E-state index contributed by atoms with van der Waals surface area (Å²) in [7, 11) is 1.14. The first-order valence-electron chi connectivity index (χ1n) is 8.59. The first-order chi connectivity index (χ1) is 14.1. The second-order valence-electron chi connectivity index (χ2n) is 6.20. The number of carbonyl (C=O) groups excluding carboxylic acids is 4. The van der Waals surface area contributed by atoms with Gasteiger partial charge in [0.2, 0.25) is 12.1 Å². The van der Waals surface area contributed by atoms with Crippen molar-refractivity contribution in [2.75, 3.05) is 7.11 Å². The third-order valence-electron chi connectivity index (χ3n) is 4.18. The lowest BCUT2D eigenvalue weighted by molar-refractivity contribution is -0.384. The maximum atomic E-state index is 12.3. The number of aliphatic hydroxyl groups excluding tert-OH is 1. The van der Waals surface area contributed by atoms with Crippen LogP contribution < -0.4 is 5.32 Å². The Balaban J connectivity index is 2.05. The molecule has 12 nitrogen and oxygen atoms in total. The van der Waals surface area contributed by atoms with Crippen molar-refractivity contribution < 1.29 is 38.7 Å². The average Bonchev–Trinajstić information content (AvgIpc) is 2.72. The monoisotopic (exact) mass is 421 g/mol. The molecule has 0 bridgehead atoms. The Kier molecular flexibility index (Phi) is 7.20. The molecular formula is C18H19N3O9. The Hall–Kier alpha value is -3.80. The van der Waals surface area contributed by atoms with Crippen molar-refractivity contribution in [3.63, 3.8) is 0 Å². The van der Waals surface area contributed by atoms with Gasteiger partial charge in [-0.2, -0.15) is 0 Å². The molecule has 3 atom stereocenters. The number of amides is 2. The number of methoxy groups -OCH3 is 1. The van der Waals surface area contributed by atoms with Crippen LogP contribution in [0.25, 0.3) is 0 Å². The average molecular weight is 421 g/mol. The number of nitrogens with one attached hydrogen (secondary N) is 1. The number of likely N-dealkylation sites (tertiary alicyclic amines) is 1. The Labute approximate surface area is 170 Å². The van der Waals surface area contributed by atoms with Gasteiger partial charge in [-0.1, -0.05) is 6.08 Å². The summed E-state index contributed by atoms with van der Waals surface area (Å²) in [4.78, 5) is 57.8. The van der Waals surface area contributed by atoms with E-state index in [1.165, 1.54) is 37.3 Å².